The lowest BCUT2D eigenvalue weighted by molar-refractivity contribution is 0.592. The van der Waals surface area contributed by atoms with Gasteiger partial charge in [0.15, 0.2) is 0 Å². The average molecular weight is 174 g/mol. The zero-order chi connectivity index (χ0) is 8.93. The van der Waals surface area contributed by atoms with E-state index in [4.69, 9.17) is 0 Å². The quantitative estimate of drug-likeness (QED) is 0.706. The summed E-state index contributed by atoms with van der Waals surface area (Å²) in [6.45, 7) is 1.12. The van der Waals surface area contributed by atoms with Crippen molar-refractivity contribution in [2.24, 2.45) is 0 Å². The Morgan fingerprint density at radius 2 is 2.08 bits per heavy atom. The Morgan fingerprint density at radius 1 is 1.23 bits per heavy atom. The van der Waals surface area contributed by atoms with E-state index in [0.717, 1.165) is 6.54 Å². The van der Waals surface area contributed by atoms with Crippen molar-refractivity contribution in [3.63, 3.8) is 0 Å². The minimum atomic E-state index is 1.12. The van der Waals surface area contributed by atoms with Gasteiger partial charge in [0.1, 0.15) is 0 Å². The summed E-state index contributed by atoms with van der Waals surface area (Å²) in [6, 6.07) is 4.06. The first-order chi connectivity index (χ1) is 6.45. The second kappa shape index (κ2) is 4.08. The van der Waals surface area contributed by atoms with Crippen molar-refractivity contribution in [1.82, 2.24) is 10.3 Å². The van der Waals surface area contributed by atoms with Crippen LogP contribution in [-0.2, 0) is 0 Å². The van der Waals surface area contributed by atoms with E-state index in [0.29, 0.717) is 0 Å². The Hall–Kier alpha value is -1.31. The number of aromatic nitrogens is 1. The highest BCUT2D eigenvalue weighted by Gasteiger charge is 2.02. The van der Waals surface area contributed by atoms with E-state index in [1.54, 1.807) is 0 Å². The van der Waals surface area contributed by atoms with Gasteiger partial charge in [-0.25, -0.2) is 0 Å². The molecule has 1 aliphatic heterocycles. The van der Waals surface area contributed by atoms with Gasteiger partial charge in [-0.05, 0) is 43.0 Å². The summed E-state index contributed by atoms with van der Waals surface area (Å²) in [4.78, 5) is 3.99. The third-order valence-electron chi connectivity index (χ3n) is 2.27. The molecule has 0 amide bonds. The van der Waals surface area contributed by atoms with Crippen LogP contribution in [0.5, 0.6) is 0 Å². The average Bonchev–Trinajstić information content (AvgIpc) is 2.21. The predicted octanol–water partition coefficient (Wildman–Crippen LogP) is 2.20. The van der Waals surface area contributed by atoms with E-state index in [1.165, 1.54) is 30.5 Å². The molecule has 0 aromatic carbocycles. The first-order valence-electron chi connectivity index (χ1n) is 4.79. The van der Waals surface area contributed by atoms with Crippen LogP contribution >= 0.6 is 0 Å². The molecule has 1 fully saturated rings. The molecule has 0 radical (unpaired) electrons. The molecule has 2 rings (SSSR count). The van der Waals surface area contributed by atoms with E-state index < -0.39 is 0 Å². The Bertz CT molecular complexity index is 282. The van der Waals surface area contributed by atoms with E-state index >= 15 is 0 Å². The summed E-state index contributed by atoms with van der Waals surface area (Å²) in [5, 5.41) is 3.41. The van der Waals surface area contributed by atoms with Crippen molar-refractivity contribution >= 4 is 6.08 Å². The molecule has 1 saturated heterocycles. The lowest BCUT2D eigenvalue weighted by atomic mass is 10.1. The number of hydrogen-bond acceptors (Lipinski definition) is 2. The lowest BCUT2D eigenvalue weighted by Crippen LogP contribution is -2.19. The van der Waals surface area contributed by atoms with Crippen molar-refractivity contribution in [2.75, 3.05) is 6.54 Å². The van der Waals surface area contributed by atoms with Crippen LogP contribution in [0, 0.1) is 0 Å². The molecule has 0 unspecified atom stereocenters. The minimum absolute atomic E-state index is 1.12. The number of nitrogens with zero attached hydrogens (tertiary/aromatic N) is 1. The molecule has 0 atom stereocenters. The maximum absolute atomic E-state index is 3.99. The Kier molecular flexibility index (Phi) is 2.60. The topological polar surface area (TPSA) is 24.9 Å². The molecule has 0 bridgehead atoms. The second-order valence-corrected chi connectivity index (χ2v) is 3.33. The van der Waals surface area contributed by atoms with Crippen molar-refractivity contribution < 1.29 is 0 Å². The van der Waals surface area contributed by atoms with Crippen LogP contribution in [0.3, 0.4) is 0 Å². The molecule has 2 heterocycles. The molecule has 13 heavy (non-hydrogen) atoms. The van der Waals surface area contributed by atoms with Gasteiger partial charge in [-0.1, -0.05) is 0 Å². The van der Waals surface area contributed by atoms with Crippen LogP contribution in [0.15, 0.2) is 30.2 Å². The number of hydrogen-bond donors (Lipinski definition) is 1. The highest BCUT2D eigenvalue weighted by atomic mass is 14.9. The maximum atomic E-state index is 3.99. The molecule has 0 saturated carbocycles. The highest BCUT2D eigenvalue weighted by molar-refractivity contribution is 5.51. The van der Waals surface area contributed by atoms with Gasteiger partial charge < -0.3 is 5.32 Å². The molecular formula is C11H14N2. The zero-order valence-corrected chi connectivity index (χ0v) is 7.66. The maximum Gasteiger partial charge on any atom is 0.0273 e. The van der Waals surface area contributed by atoms with Gasteiger partial charge in [-0.3, -0.25) is 4.98 Å². The van der Waals surface area contributed by atoms with Crippen LogP contribution in [0.1, 0.15) is 24.8 Å². The molecule has 1 aliphatic rings. The normalized spacial score (nSPS) is 19.8. The van der Waals surface area contributed by atoms with E-state index in [9.17, 15) is 0 Å². The third-order valence-corrected chi connectivity index (χ3v) is 2.27. The largest absolute Gasteiger partial charge is 0.388 e. The van der Waals surface area contributed by atoms with Crippen LogP contribution < -0.4 is 5.32 Å². The Balaban J connectivity index is 2.10. The van der Waals surface area contributed by atoms with Gasteiger partial charge >= 0.3 is 0 Å². The fourth-order valence-corrected chi connectivity index (χ4v) is 1.56. The molecule has 1 aromatic rings. The summed E-state index contributed by atoms with van der Waals surface area (Å²) >= 11 is 0. The van der Waals surface area contributed by atoms with Crippen molar-refractivity contribution in [3.05, 3.63) is 35.8 Å². The van der Waals surface area contributed by atoms with Gasteiger partial charge in [0.25, 0.3) is 0 Å². The van der Waals surface area contributed by atoms with Crippen LogP contribution in [0.4, 0.5) is 0 Å². The minimum Gasteiger partial charge on any atom is -0.388 e. The monoisotopic (exact) mass is 174 g/mol. The Morgan fingerprint density at radius 3 is 2.77 bits per heavy atom. The summed E-state index contributed by atoms with van der Waals surface area (Å²) < 4.78 is 0. The first kappa shape index (κ1) is 8.30. The van der Waals surface area contributed by atoms with Crippen molar-refractivity contribution in [1.29, 1.82) is 0 Å². The number of rotatable bonds is 1. The highest BCUT2D eigenvalue weighted by Crippen LogP contribution is 2.13. The summed E-state index contributed by atoms with van der Waals surface area (Å²) in [6.07, 6.45) is 9.66. The molecular weight excluding hydrogens is 160 g/mol. The molecule has 1 N–H and O–H groups in total. The smallest absolute Gasteiger partial charge is 0.0273 e. The van der Waals surface area contributed by atoms with Gasteiger partial charge in [-0.2, -0.15) is 0 Å². The van der Waals surface area contributed by atoms with E-state index in [-0.39, 0.29) is 0 Å². The number of pyridine rings is 1. The van der Waals surface area contributed by atoms with Crippen LogP contribution in [0.2, 0.25) is 0 Å². The standard InChI is InChI=1S/C11H14N2/c1-2-6-13-11(3-1)9-10-4-7-12-8-5-10/h4-5,7-9,13H,1-3,6H2. The molecule has 1 aromatic heterocycles. The second-order valence-electron chi connectivity index (χ2n) is 3.33. The molecule has 2 heteroatoms. The summed E-state index contributed by atoms with van der Waals surface area (Å²) in [5.41, 5.74) is 2.59. The van der Waals surface area contributed by atoms with E-state index in [2.05, 4.69) is 16.4 Å². The number of nitrogens with one attached hydrogen (secondary N) is 1. The number of piperidine rings is 1. The predicted molar refractivity (Wildman–Crippen MR) is 54.1 cm³/mol. The van der Waals surface area contributed by atoms with Gasteiger partial charge in [0.05, 0.1) is 0 Å². The van der Waals surface area contributed by atoms with Crippen LogP contribution in [0.25, 0.3) is 6.08 Å². The lowest BCUT2D eigenvalue weighted by Gasteiger charge is -2.16. The fourth-order valence-electron chi connectivity index (χ4n) is 1.56. The Labute approximate surface area is 78.7 Å². The molecule has 2 nitrogen and oxygen atoms in total. The molecule has 0 aliphatic carbocycles. The summed E-state index contributed by atoms with van der Waals surface area (Å²) in [5.74, 6) is 0. The third kappa shape index (κ3) is 2.31. The van der Waals surface area contributed by atoms with E-state index in [1.807, 2.05) is 24.5 Å². The van der Waals surface area contributed by atoms with Gasteiger partial charge in [-0.15, -0.1) is 0 Å². The molecule has 68 valence electrons. The fraction of sp³-hybridized carbons (Fsp3) is 0.364. The van der Waals surface area contributed by atoms with Gasteiger partial charge in [0, 0.05) is 24.6 Å². The summed E-state index contributed by atoms with van der Waals surface area (Å²) in [7, 11) is 0. The molecule has 0 spiro atoms. The first-order valence-corrected chi connectivity index (χ1v) is 4.79. The van der Waals surface area contributed by atoms with Crippen molar-refractivity contribution in [2.45, 2.75) is 19.3 Å². The van der Waals surface area contributed by atoms with Gasteiger partial charge in [0.2, 0.25) is 0 Å². The number of allylic oxidation sites excluding steroid dienone is 1. The van der Waals surface area contributed by atoms with Crippen molar-refractivity contribution in [3.8, 4) is 0 Å². The SMILES string of the molecule is C(=C1CCCCN1)c1ccncc1. The zero-order valence-electron chi connectivity index (χ0n) is 7.66. The van der Waals surface area contributed by atoms with Crippen LogP contribution in [-0.4, -0.2) is 11.5 Å².